The maximum absolute atomic E-state index is 8.25. The first-order valence-electron chi connectivity index (χ1n) is 7.13. The summed E-state index contributed by atoms with van der Waals surface area (Å²) in [6, 6.07) is 7.33. The molecular weight excluding hydrogens is 296 g/mol. The molecule has 0 amide bonds. The van der Waals surface area contributed by atoms with Crippen molar-refractivity contribution >= 4 is 17.0 Å². The quantitative estimate of drug-likeness (QED) is 0.739. The molecule has 5 nitrogen and oxygen atoms in total. The lowest BCUT2D eigenvalue weighted by Crippen LogP contribution is -2.25. The number of nitrogens with two attached hydrogens (primary N) is 1. The molecule has 0 aliphatic heterocycles. The fourth-order valence-corrected chi connectivity index (χ4v) is 2.46. The van der Waals surface area contributed by atoms with Crippen molar-refractivity contribution in [1.29, 1.82) is 5.41 Å². The summed E-state index contributed by atoms with van der Waals surface area (Å²) in [5.74, 6) is 0.793. The first kappa shape index (κ1) is 20.2. The SMILES string of the molecule is CC.CN.CNC(C(=N)c1ccc(OC)cc1)c1nccs1. The van der Waals surface area contributed by atoms with Crippen LogP contribution in [0.1, 0.15) is 30.5 Å². The van der Waals surface area contributed by atoms with E-state index in [0.717, 1.165) is 16.3 Å². The summed E-state index contributed by atoms with van der Waals surface area (Å²) in [6.45, 7) is 4.00. The van der Waals surface area contributed by atoms with E-state index in [4.69, 9.17) is 10.1 Å². The topological polar surface area (TPSA) is 84.0 Å². The number of nitrogens with one attached hydrogen (secondary N) is 2. The molecule has 0 spiro atoms. The Morgan fingerprint density at radius 2 is 1.86 bits per heavy atom. The van der Waals surface area contributed by atoms with Gasteiger partial charge in [0, 0.05) is 11.6 Å². The van der Waals surface area contributed by atoms with Gasteiger partial charge in [-0.2, -0.15) is 0 Å². The lowest BCUT2D eigenvalue weighted by Gasteiger charge is -2.15. The maximum atomic E-state index is 8.25. The van der Waals surface area contributed by atoms with Crippen LogP contribution in [0.25, 0.3) is 0 Å². The van der Waals surface area contributed by atoms with Crippen LogP contribution >= 0.6 is 11.3 Å². The molecule has 2 aromatic rings. The summed E-state index contributed by atoms with van der Waals surface area (Å²) in [7, 11) is 4.97. The Morgan fingerprint density at radius 1 is 1.27 bits per heavy atom. The Labute approximate surface area is 137 Å². The number of aromatic nitrogens is 1. The van der Waals surface area contributed by atoms with Crippen LogP contribution < -0.4 is 15.8 Å². The van der Waals surface area contributed by atoms with Crippen molar-refractivity contribution < 1.29 is 4.74 Å². The average Bonchev–Trinajstić information content (AvgIpc) is 3.13. The van der Waals surface area contributed by atoms with Gasteiger partial charge in [0.2, 0.25) is 0 Å². The van der Waals surface area contributed by atoms with E-state index < -0.39 is 0 Å². The first-order chi connectivity index (χ1) is 10.8. The van der Waals surface area contributed by atoms with Crippen LogP contribution in [0.5, 0.6) is 5.75 Å². The molecule has 1 unspecified atom stereocenters. The van der Waals surface area contributed by atoms with Gasteiger partial charge in [0.15, 0.2) is 0 Å². The van der Waals surface area contributed by atoms with Crippen LogP contribution in [0.3, 0.4) is 0 Å². The molecule has 0 fully saturated rings. The predicted octanol–water partition coefficient (Wildman–Crippen LogP) is 3.08. The van der Waals surface area contributed by atoms with Gasteiger partial charge in [-0.3, -0.25) is 0 Å². The van der Waals surface area contributed by atoms with E-state index in [-0.39, 0.29) is 6.04 Å². The van der Waals surface area contributed by atoms with E-state index in [9.17, 15) is 0 Å². The fraction of sp³-hybridized carbons (Fsp3) is 0.375. The van der Waals surface area contributed by atoms with Gasteiger partial charge < -0.3 is 21.2 Å². The number of likely N-dealkylation sites (N-methyl/N-ethyl adjacent to an activating group) is 1. The number of ether oxygens (including phenoxy) is 1. The molecule has 0 saturated carbocycles. The highest BCUT2D eigenvalue weighted by Gasteiger charge is 2.18. The third kappa shape index (κ3) is 5.55. The molecule has 1 aromatic carbocycles. The third-order valence-electron chi connectivity index (χ3n) is 2.68. The fourth-order valence-electron chi connectivity index (χ4n) is 1.71. The molecule has 1 heterocycles. The number of methoxy groups -OCH3 is 1. The van der Waals surface area contributed by atoms with Gasteiger partial charge in [0.25, 0.3) is 0 Å². The minimum atomic E-state index is -0.168. The molecular formula is C16H26N4OS. The summed E-state index contributed by atoms with van der Waals surface area (Å²) in [6.07, 6.45) is 1.76. The second-order valence-corrected chi connectivity index (χ2v) is 4.66. The minimum absolute atomic E-state index is 0.168. The lowest BCUT2D eigenvalue weighted by atomic mass is 10.0. The van der Waals surface area contributed by atoms with Crippen molar-refractivity contribution in [1.82, 2.24) is 10.3 Å². The monoisotopic (exact) mass is 322 g/mol. The maximum Gasteiger partial charge on any atom is 0.118 e. The van der Waals surface area contributed by atoms with Gasteiger partial charge in [-0.15, -0.1) is 11.3 Å². The Hall–Kier alpha value is -1.76. The largest absolute Gasteiger partial charge is 0.497 e. The van der Waals surface area contributed by atoms with Crippen molar-refractivity contribution in [2.24, 2.45) is 5.73 Å². The number of benzene rings is 1. The van der Waals surface area contributed by atoms with E-state index >= 15 is 0 Å². The third-order valence-corrected chi connectivity index (χ3v) is 3.52. The van der Waals surface area contributed by atoms with Crippen molar-refractivity contribution in [3.05, 3.63) is 46.4 Å². The summed E-state index contributed by atoms with van der Waals surface area (Å²) >= 11 is 1.55. The molecule has 0 saturated heterocycles. The van der Waals surface area contributed by atoms with Gasteiger partial charge in [-0.05, 0) is 43.9 Å². The number of thiazole rings is 1. The van der Waals surface area contributed by atoms with Gasteiger partial charge >= 0.3 is 0 Å². The lowest BCUT2D eigenvalue weighted by molar-refractivity contribution is 0.415. The molecule has 1 aromatic heterocycles. The molecule has 6 heteroatoms. The zero-order valence-corrected chi connectivity index (χ0v) is 14.7. The summed E-state index contributed by atoms with van der Waals surface area (Å²) < 4.78 is 5.11. The number of rotatable bonds is 5. The summed E-state index contributed by atoms with van der Waals surface area (Å²) in [5.41, 5.74) is 5.88. The van der Waals surface area contributed by atoms with Crippen LogP contribution in [0.4, 0.5) is 0 Å². The molecule has 2 rings (SSSR count). The van der Waals surface area contributed by atoms with Crippen LogP contribution in [-0.2, 0) is 0 Å². The predicted molar refractivity (Wildman–Crippen MR) is 95.2 cm³/mol. The zero-order valence-electron chi connectivity index (χ0n) is 13.9. The highest BCUT2D eigenvalue weighted by Crippen LogP contribution is 2.21. The Bertz CT molecular complexity index is 511. The van der Waals surface area contributed by atoms with Gasteiger partial charge in [-0.1, -0.05) is 13.8 Å². The normalized spacial score (nSPS) is 10.5. The number of hydrogen-bond donors (Lipinski definition) is 3. The van der Waals surface area contributed by atoms with E-state index in [0.29, 0.717) is 5.71 Å². The molecule has 0 aliphatic rings. The number of hydrogen-bond acceptors (Lipinski definition) is 6. The Kier molecular flexibility index (Phi) is 10.9. The molecule has 122 valence electrons. The van der Waals surface area contributed by atoms with Crippen molar-refractivity contribution in [3.63, 3.8) is 0 Å². The molecule has 4 N–H and O–H groups in total. The van der Waals surface area contributed by atoms with Crippen molar-refractivity contribution in [2.75, 3.05) is 21.2 Å². The van der Waals surface area contributed by atoms with E-state index in [2.05, 4.69) is 16.0 Å². The Balaban J connectivity index is 0.00000102. The zero-order chi connectivity index (χ0) is 17.0. The van der Waals surface area contributed by atoms with Crippen LogP contribution in [0.15, 0.2) is 35.8 Å². The minimum Gasteiger partial charge on any atom is -0.497 e. The highest BCUT2D eigenvalue weighted by atomic mass is 32.1. The second-order valence-electron chi connectivity index (χ2n) is 3.73. The molecule has 0 bridgehead atoms. The smallest absolute Gasteiger partial charge is 0.118 e. The summed E-state index contributed by atoms with van der Waals surface area (Å²) in [4.78, 5) is 4.26. The molecule has 1 atom stereocenters. The van der Waals surface area contributed by atoms with Gasteiger partial charge in [-0.25, -0.2) is 4.98 Å². The standard InChI is InChI=1S/C13H15N3OS.C2H6.CH5N/c1-15-12(13-16-7-8-18-13)11(14)9-3-5-10(17-2)6-4-9;2*1-2/h3-8,12,14-15H,1-2H3;1-2H3;2H2,1H3. The van der Waals surface area contributed by atoms with Crippen molar-refractivity contribution in [2.45, 2.75) is 19.9 Å². The first-order valence-corrected chi connectivity index (χ1v) is 8.01. The van der Waals surface area contributed by atoms with Crippen LogP contribution in [0, 0.1) is 5.41 Å². The van der Waals surface area contributed by atoms with Crippen LogP contribution in [0.2, 0.25) is 0 Å². The van der Waals surface area contributed by atoms with E-state index in [1.807, 2.05) is 50.5 Å². The summed E-state index contributed by atoms with van der Waals surface area (Å²) in [5, 5.41) is 14.2. The second kappa shape index (κ2) is 11.9. The van der Waals surface area contributed by atoms with Gasteiger partial charge in [0.05, 0.1) is 12.8 Å². The van der Waals surface area contributed by atoms with Crippen molar-refractivity contribution in [3.8, 4) is 5.75 Å². The number of nitrogens with zero attached hydrogens (tertiary/aromatic N) is 1. The van der Waals surface area contributed by atoms with E-state index in [1.165, 1.54) is 7.05 Å². The highest BCUT2D eigenvalue weighted by molar-refractivity contribution is 7.09. The van der Waals surface area contributed by atoms with Crippen LogP contribution in [-0.4, -0.2) is 31.9 Å². The van der Waals surface area contributed by atoms with Gasteiger partial charge in [0.1, 0.15) is 16.8 Å². The molecule has 22 heavy (non-hydrogen) atoms. The van der Waals surface area contributed by atoms with E-state index in [1.54, 1.807) is 24.6 Å². The Morgan fingerprint density at radius 3 is 2.27 bits per heavy atom. The molecule has 0 radical (unpaired) electrons. The molecule has 0 aliphatic carbocycles. The average molecular weight is 322 g/mol.